The summed E-state index contributed by atoms with van der Waals surface area (Å²) in [5.74, 6) is 1.94. The summed E-state index contributed by atoms with van der Waals surface area (Å²) in [6, 6.07) is 10.6. The Labute approximate surface area is 207 Å². The molecule has 0 radical (unpaired) electrons. The summed E-state index contributed by atoms with van der Waals surface area (Å²) in [6.45, 7) is 9.50. The number of fused-ring (bicyclic) bond motifs is 5. The van der Waals surface area contributed by atoms with Crippen molar-refractivity contribution in [1.29, 1.82) is 0 Å². The van der Waals surface area contributed by atoms with Gasteiger partial charge in [0.15, 0.2) is 5.79 Å². The van der Waals surface area contributed by atoms with Crippen LogP contribution in [0.4, 0.5) is 0 Å². The molecule has 1 aromatic carbocycles. The molecule has 188 valence electrons. The first-order chi connectivity index (χ1) is 16.3. The van der Waals surface area contributed by atoms with Gasteiger partial charge in [-0.05, 0) is 105 Å². The van der Waals surface area contributed by atoms with E-state index in [2.05, 4.69) is 50.8 Å². The summed E-state index contributed by atoms with van der Waals surface area (Å²) < 4.78 is 6.37. The summed E-state index contributed by atoms with van der Waals surface area (Å²) in [7, 11) is 0. The fraction of sp³-hybridized carbons (Fsp3) is 0.742. The highest BCUT2D eigenvalue weighted by Gasteiger charge is 2.66. The van der Waals surface area contributed by atoms with Gasteiger partial charge in [-0.3, -0.25) is 0 Å². The molecule has 0 heterocycles. The minimum absolute atomic E-state index is 0.140. The second kappa shape index (κ2) is 9.37. The lowest BCUT2D eigenvalue weighted by molar-refractivity contribution is -0.280. The van der Waals surface area contributed by atoms with E-state index < -0.39 is 5.79 Å². The summed E-state index contributed by atoms with van der Waals surface area (Å²) >= 11 is 0. The standard InChI is InChI=1S/C31H46O3/c1-4-9-24-25-14-13-23-26(29(25,2)18-17-28(24)32)15-19-30(3)27(23)16-20-31(30,33)34-21-8-12-22-10-6-5-7-11-22/h4-7,10-11,23-28,32-33H,1,8-9,12-21H2,2-3H3/t23-,24?,25?,26-,27+,28?,29+,30+,31?/m1/s1. The quantitative estimate of drug-likeness (QED) is 0.273. The van der Waals surface area contributed by atoms with Crippen molar-refractivity contribution < 1.29 is 14.9 Å². The van der Waals surface area contributed by atoms with E-state index in [1.165, 1.54) is 24.8 Å². The van der Waals surface area contributed by atoms with Gasteiger partial charge in [0.1, 0.15) is 0 Å². The summed E-state index contributed by atoms with van der Waals surface area (Å²) in [6.07, 6.45) is 13.4. The van der Waals surface area contributed by atoms with E-state index in [-0.39, 0.29) is 11.5 Å². The van der Waals surface area contributed by atoms with E-state index in [1.807, 2.05) is 6.08 Å². The van der Waals surface area contributed by atoms with Crippen LogP contribution in [0.15, 0.2) is 43.0 Å². The fourth-order valence-electron chi connectivity index (χ4n) is 9.39. The average molecular weight is 467 g/mol. The van der Waals surface area contributed by atoms with Crippen LogP contribution in [0.1, 0.15) is 83.6 Å². The predicted octanol–water partition coefficient (Wildman–Crippen LogP) is 6.53. The molecule has 0 aliphatic heterocycles. The van der Waals surface area contributed by atoms with E-state index in [9.17, 15) is 10.2 Å². The Bertz CT molecular complexity index is 853. The highest BCUT2D eigenvalue weighted by Crippen LogP contribution is 2.69. The van der Waals surface area contributed by atoms with E-state index in [0.29, 0.717) is 41.6 Å². The van der Waals surface area contributed by atoms with Crippen molar-refractivity contribution in [2.75, 3.05) is 6.61 Å². The number of aliphatic hydroxyl groups is 2. The number of rotatable bonds is 7. The first-order valence-corrected chi connectivity index (χ1v) is 14.0. The van der Waals surface area contributed by atoms with Gasteiger partial charge in [-0.15, -0.1) is 6.58 Å². The normalized spacial score (nSPS) is 45.8. The summed E-state index contributed by atoms with van der Waals surface area (Å²) in [5.41, 5.74) is 1.51. The smallest absolute Gasteiger partial charge is 0.171 e. The molecule has 4 fully saturated rings. The van der Waals surface area contributed by atoms with Crippen LogP contribution in [0, 0.1) is 40.4 Å². The zero-order chi connectivity index (χ0) is 24.0. The van der Waals surface area contributed by atoms with Gasteiger partial charge in [0.25, 0.3) is 0 Å². The van der Waals surface area contributed by atoms with Crippen molar-refractivity contribution in [3.63, 3.8) is 0 Å². The van der Waals surface area contributed by atoms with E-state index in [1.54, 1.807) is 0 Å². The number of benzene rings is 1. The highest BCUT2D eigenvalue weighted by molar-refractivity contribution is 5.15. The third-order valence-corrected chi connectivity index (χ3v) is 11.2. The second-order valence-electron chi connectivity index (χ2n) is 12.6. The van der Waals surface area contributed by atoms with Crippen LogP contribution in [0.25, 0.3) is 0 Å². The van der Waals surface area contributed by atoms with Gasteiger partial charge in [-0.1, -0.05) is 50.3 Å². The maximum absolute atomic E-state index is 11.8. The summed E-state index contributed by atoms with van der Waals surface area (Å²) in [5, 5.41) is 22.6. The topological polar surface area (TPSA) is 49.7 Å². The number of allylic oxidation sites excluding steroid dienone is 1. The third-order valence-electron chi connectivity index (χ3n) is 11.2. The fourth-order valence-corrected chi connectivity index (χ4v) is 9.39. The van der Waals surface area contributed by atoms with Gasteiger partial charge in [0.05, 0.1) is 12.7 Å². The van der Waals surface area contributed by atoms with Crippen LogP contribution < -0.4 is 0 Å². The van der Waals surface area contributed by atoms with Crippen molar-refractivity contribution in [2.45, 2.75) is 96.4 Å². The molecule has 0 saturated heterocycles. The van der Waals surface area contributed by atoms with Gasteiger partial charge < -0.3 is 14.9 Å². The van der Waals surface area contributed by atoms with Gasteiger partial charge in [-0.25, -0.2) is 0 Å². The molecule has 9 atom stereocenters. The minimum Gasteiger partial charge on any atom is -0.393 e. The molecule has 3 nitrogen and oxygen atoms in total. The van der Waals surface area contributed by atoms with Crippen LogP contribution in [0.3, 0.4) is 0 Å². The average Bonchev–Trinajstić information content (AvgIpc) is 3.10. The first kappa shape index (κ1) is 24.5. The molecule has 4 saturated carbocycles. The third kappa shape index (κ3) is 3.91. The Morgan fingerprint density at radius 2 is 1.74 bits per heavy atom. The SMILES string of the molecule is C=CCC1C(O)CC[C@@]2(C)C1CC[C@@H]1[C@H]2CC[C@@]2(C)[C@H]1CCC2(O)OCCCc1ccccc1. The molecule has 4 unspecified atom stereocenters. The molecule has 2 N–H and O–H groups in total. The largest absolute Gasteiger partial charge is 0.393 e. The lowest BCUT2D eigenvalue weighted by Gasteiger charge is -2.63. The van der Waals surface area contributed by atoms with Crippen molar-refractivity contribution in [3.8, 4) is 0 Å². The molecule has 1 aromatic rings. The lowest BCUT2D eigenvalue weighted by Crippen LogP contribution is -2.59. The van der Waals surface area contributed by atoms with E-state index in [0.717, 1.165) is 51.4 Å². The Kier molecular flexibility index (Phi) is 6.76. The van der Waals surface area contributed by atoms with Crippen molar-refractivity contribution in [2.24, 2.45) is 40.4 Å². The molecular formula is C31H46O3. The Morgan fingerprint density at radius 3 is 2.50 bits per heavy atom. The van der Waals surface area contributed by atoms with Gasteiger partial charge in [0, 0.05) is 11.8 Å². The van der Waals surface area contributed by atoms with Gasteiger partial charge >= 0.3 is 0 Å². The molecule has 4 aliphatic carbocycles. The van der Waals surface area contributed by atoms with Crippen LogP contribution in [0.5, 0.6) is 0 Å². The van der Waals surface area contributed by atoms with Crippen LogP contribution in [0.2, 0.25) is 0 Å². The highest BCUT2D eigenvalue weighted by atomic mass is 16.6. The molecule has 0 spiro atoms. The van der Waals surface area contributed by atoms with Crippen LogP contribution in [-0.4, -0.2) is 28.7 Å². The monoisotopic (exact) mass is 466 g/mol. The van der Waals surface area contributed by atoms with E-state index >= 15 is 0 Å². The second-order valence-corrected chi connectivity index (χ2v) is 12.6. The molecule has 0 bridgehead atoms. The van der Waals surface area contributed by atoms with Crippen molar-refractivity contribution in [3.05, 3.63) is 48.6 Å². The van der Waals surface area contributed by atoms with Crippen LogP contribution in [-0.2, 0) is 11.2 Å². The van der Waals surface area contributed by atoms with Crippen LogP contribution >= 0.6 is 0 Å². The van der Waals surface area contributed by atoms with Gasteiger partial charge in [-0.2, -0.15) is 0 Å². The van der Waals surface area contributed by atoms with Crippen molar-refractivity contribution in [1.82, 2.24) is 0 Å². The number of aliphatic hydroxyl groups excluding tert-OH is 1. The predicted molar refractivity (Wildman–Crippen MR) is 137 cm³/mol. The maximum atomic E-state index is 11.8. The number of ether oxygens (including phenoxy) is 1. The molecule has 34 heavy (non-hydrogen) atoms. The molecular weight excluding hydrogens is 420 g/mol. The Morgan fingerprint density at radius 1 is 0.971 bits per heavy atom. The molecule has 0 aromatic heterocycles. The van der Waals surface area contributed by atoms with Gasteiger partial charge in [0.2, 0.25) is 0 Å². The summed E-state index contributed by atoms with van der Waals surface area (Å²) in [4.78, 5) is 0. The Hall–Kier alpha value is -1.16. The lowest BCUT2D eigenvalue weighted by atomic mass is 9.43. The molecule has 5 rings (SSSR count). The molecule has 0 amide bonds. The molecule has 3 heteroatoms. The number of hydrogen-bond acceptors (Lipinski definition) is 3. The number of hydrogen-bond donors (Lipinski definition) is 2. The maximum Gasteiger partial charge on any atom is 0.171 e. The van der Waals surface area contributed by atoms with E-state index in [4.69, 9.17) is 4.74 Å². The zero-order valence-electron chi connectivity index (χ0n) is 21.4. The molecule has 4 aliphatic rings. The first-order valence-electron chi connectivity index (χ1n) is 14.0. The minimum atomic E-state index is -0.981. The number of aryl methyl sites for hydroxylation is 1. The van der Waals surface area contributed by atoms with Crippen molar-refractivity contribution >= 4 is 0 Å². The Balaban J connectivity index is 1.27. The zero-order valence-corrected chi connectivity index (χ0v) is 21.4.